The zero-order valence-electron chi connectivity index (χ0n) is 9.76. The molecule has 0 atom stereocenters. The van der Waals surface area contributed by atoms with Gasteiger partial charge in [0.05, 0.1) is 17.3 Å². The molecule has 0 aliphatic carbocycles. The molecule has 6 heteroatoms. The highest BCUT2D eigenvalue weighted by atomic mass is 79.9. The predicted octanol–water partition coefficient (Wildman–Crippen LogP) is 4.10. The van der Waals surface area contributed by atoms with Crippen molar-refractivity contribution in [2.45, 2.75) is 19.5 Å². The first kappa shape index (κ1) is 14.8. The minimum absolute atomic E-state index is 0.310. The summed E-state index contributed by atoms with van der Waals surface area (Å²) in [5.74, 6) is 0. The molecule has 0 aliphatic heterocycles. The minimum Gasteiger partial charge on any atom is -0.362 e. The monoisotopic (exact) mass is 320 g/mol. The number of halogens is 4. The van der Waals surface area contributed by atoms with Crippen molar-refractivity contribution in [2.24, 2.45) is 0 Å². The van der Waals surface area contributed by atoms with Crippen molar-refractivity contribution in [3.8, 4) is 6.07 Å². The van der Waals surface area contributed by atoms with E-state index in [0.29, 0.717) is 28.7 Å². The van der Waals surface area contributed by atoms with Crippen LogP contribution in [0.2, 0.25) is 0 Å². The summed E-state index contributed by atoms with van der Waals surface area (Å²) in [5, 5.41) is 8.72. The molecule has 0 aliphatic rings. The Balaban J connectivity index is 3.03. The van der Waals surface area contributed by atoms with Crippen LogP contribution in [-0.4, -0.2) is 19.3 Å². The van der Waals surface area contributed by atoms with Gasteiger partial charge in [-0.15, -0.1) is 0 Å². The fourth-order valence-electron chi connectivity index (χ4n) is 1.60. The van der Waals surface area contributed by atoms with Gasteiger partial charge in [0.15, 0.2) is 0 Å². The Morgan fingerprint density at radius 1 is 1.39 bits per heavy atom. The van der Waals surface area contributed by atoms with Crippen LogP contribution in [0.1, 0.15) is 18.9 Å². The van der Waals surface area contributed by atoms with Gasteiger partial charge in [0, 0.05) is 11.0 Å². The van der Waals surface area contributed by atoms with Crippen molar-refractivity contribution < 1.29 is 13.2 Å². The zero-order valence-corrected chi connectivity index (χ0v) is 11.3. The molecular weight excluding hydrogens is 309 g/mol. The third-order valence-electron chi connectivity index (χ3n) is 2.28. The van der Waals surface area contributed by atoms with Crippen molar-refractivity contribution >= 4 is 21.6 Å². The minimum atomic E-state index is -4.25. The van der Waals surface area contributed by atoms with E-state index in [9.17, 15) is 13.2 Å². The first-order valence-electron chi connectivity index (χ1n) is 5.38. The number of rotatable bonds is 4. The number of hydrogen-bond donors (Lipinski definition) is 0. The second-order valence-electron chi connectivity index (χ2n) is 3.81. The maximum absolute atomic E-state index is 12.5. The Morgan fingerprint density at radius 3 is 2.50 bits per heavy atom. The van der Waals surface area contributed by atoms with Gasteiger partial charge in [-0.1, -0.05) is 6.92 Å². The number of benzene rings is 1. The van der Waals surface area contributed by atoms with Crippen molar-refractivity contribution in [1.82, 2.24) is 0 Å². The Morgan fingerprint density at radius 2 is 2.06 bits per heavy atom. The van der Waals surface area contributed by atoms with Gasteiger partial charge in [0.25, 0.3) is 0 Å². The first-order valence-corrected chi connectivity index (χ1v) is 6.18. The summed E-state index contributed by atoms with van der Waals surface area (Å²) < 4.78 is 37.9. The molecule has 0 fully saturated rings. The molecule has 98 valence electrons. The number of alkyl halides is 3. The van der Waals surface area contributed by atoms with Crippen molar-refractivity contribution in [1.29, 1.82) is 5.26 Å². The number of hydrogen-bond acceptors (Lipinski definition) is 2. The lowest BCUT2D eigenvalue weighted by molar-refractivity contribution is -0.119. The van der Waals surface area contributed by atoms with Crippen LogP contribution < -0.4 is 4.90 Å². The van der Waals surface area contributed by atoms with E-state index in [1.807, 2.05) is 13.0 Å². The molecule has 0 N–H and O–H groups in total. The molecule has 0 heterocycles. The van der Waals surface area contributed by atoms with Gasteiger partial charge in [0.1, 0.15) is 6.54 Å². The van der Waals surface area contributed by atoms with Gasteiger partial charge >= 0.3 is 6.18 Å². The molecule has 0 saturated heterocycles. The van der Waals surface area contributed by atoms with Crippen molar-refractivity contribution in [3.05, 3.63) is 28.2 Å². The molecule has 0 unspecified atom stereocenters. The molecule has 0 spiro atoms. The summed E-state index contributed by atoms with van der Waals surface area (Å²) >= 11 is 3.21. The lowest BCUT2D eigenvalue weighted by Gasteiger charge is -2.26. The van der Waals surface area contributed by atoms with Crippen LogP contribution in [0.25, 0.3) is 0 Å². The second kappa shape index (κ2) is 6.10. The highest BCUT2D eigenvalue weighted by molar-refractivity contribution is 9.10. The van der Waals surface area contributed by atoms with Gasteiger partial charge in [-0.3, -0.25) is 0 Å². The lowest BCUT2D eigenvalue weighted by Crippen LogP contribution is -2.35. The van der Waals surface area contributed by atoms with E-state index in [1.165, 1.54) is 23.1 Å². The molecule has 1 rings (SSSR count). The summed E-state index contributed by atoms with van der Waals surface area (Å²) in [6.07, 6.45) is -3.63. The highest BCUT2D eigenvalue weighted by Crippen LogP contribution is 2.30. The van der Waals surface area contributed by atoms with E-state index in [4.69, 9.17) is 5.26 Å². The molecule has 1 aromatic rings. The van der Waals surface area contributed by atoms with Crippen LogP contribution in [0.3, 0.4) is 0 Å². The number of nitrogens with zero attached hydrogens (tertiary/aromatic N) is 2. The normalized spacial score (nSPS) is 11.1. The highest BCUT2D eigenvalue weighted by Gasteiger charge is 2.31. The molecular formula is C12H12BrF3N2. The van der Waals surface area contributed by atoms with E-state index >= 15 is 0 Å². The third-order valence-corrected chi connectivity index (χ3v) is 2.92. The fraction of sp³-hybridized carbons (Fsp3) is 0.417. The number of nitriles is 1. The first-order chi connectivity index (χ1) is 8.37. The molecule has 0 saturated carbocycles. The van der Waals surface area contributed by atoms with E-state index < -0.39 is 12.7 Å². The molecule has 1 aromatic carbocycles. The quantitative estimate of drug-likeness (QED) is 0.835. The second-order valence-corrected chi connectivity index (χ2v) is 4.67. The molecule has 18 heavy (non-hydrogen) atoms. The zero-order chi connectivity index (χ0) is 13.8. The van der Waals surface area contributed by atoms with Gasteiger partial charge < -0.3 is 4.90 Å². The van der Waals surface area contributed by atoms with Crippen LogP contribution in [0.5, 0.6) is 0 Å². The summed E-state index contributed by atoms with van der Waals surface area (Å²) in [5.41, 5.74) is 0.863. The largest absolute Gasteiger partial charge is 0.405 e. The molecule has 0 radical (unpaired) electrons. The Labute approximate surface area is 112 Å². The van der Waals surface area contributed by atoms with Crippen LogP contribution in [0, 0.1) is 11.3 Å². The summed E-state index contributed by atoms with van der Waals surface area (Å²) in [4.78, 5) is 1.26. The van der Waals surface area contributed by atoms with E-state index in [2.05, 4.69) is 15.9 Å². The topological polar surface area (TPSA) is 27.0 Å². The average Bonchev–Trinajstić information content (AvgIpc) is 2.26. The smallest absolute Gasteiger partial charge is 0.362 e. The summed E-state index contributed by atoms with van der Waals surface area (Å²) in [6.45, 7) is 1.14. The van der Waals surface area contributed by atoms with E-state index in [-0.39, 0.29) is 0 Å². The molecule has 0 aromatic heterocycles. The number of anilines is 1. The van der Waals surface area contributed by atoms with Crippen LogP contribution in [0.15, 0.2) is 22.7 Å². The Kier molecular flexibility index (Phi) is 5.03. The molecule has 2 nitrogen and oxygen atoms in total. The molecule has 0 bridgehead atoms. The average molecular weight is 321 g/mol. The summed E-state index contributed by atoms with van der Waals surface area (Å²) in [7, 11) is 0. The fourth-order valence-corrected chi connectivity index (χ4v) is 2.23. The van der Waals surface area contributed by atoms with Gasteiger partial charge in [0.2, 0.25) is 0 Å². The maximum Gasteiger partial charge on any atom is 0.405 e. The standard InChI is InChI=1S/C12H12BrF3N2/c1-2-5-18(8-12(14,15)16)11-4-3-9(7-17)6-10(11)13/h3-4,6H,2,5,8H2,1H3. The van der Waals surface area contributed by atoms with Crippen LogP contribution >= 0.6 is 15.9 Å². The Hall–Kier alpha value is -1.22. The van der Waals surface area contributed by atoms with Crippen LogP contribution in [-0.2, 0) is 0 Å². The predicted molar refractivity (Wildman–Crippen MR) is 67.4 cm³/mol. The van der Waals surface area contributed by atoms with E-state index in [0.717, 1.165) is 0 Å². The van der Waals surface area contributed by atoms with E-state index in [1.54, 1.807) is 0 Å². The lowest BCUT2D eigenvalue weighted by atomic mass is 10.2. The van der Waals surface area contributed by atoms with Gasteiger partial charge in [-0.25, -0.2) is 0 Å². The summed E-state index contributed by atoms with van der Waals surface area (Å²) in [6, 6.07) is 6.51. The van der Waals surface area contributed by atoms with Crippen molar-refractivity contribution in [3.63, 3.8) is 0 Å². The molecule has 0 amide bonds. The SMILES string of the molecule is CCCN(CC(F)(F)F)c1ccc(C#N)cc1Br. The van der Waals surface area contributed by atoms with Gasteiger partial charge in [-0.05, 0) is 40.5 Å². The van der Waals surface area contributed by atoms with Gasteiger partial charge in [-0.2, -0.15) is 18.4 Å². The Bertz CT molecular complexity index is 452. The van der Waals surface area contributed by atoms with Crippen molar-refractivity contribution in [2.75, 3.05) is 18.0 Å². The third kappa shape index (κ3) is 4.22. The maximum atomic E-state index is 12.5. The van der Waals surface area contributed by atoms with Crippen LogP contribution in [0.4, 0.5) is 18.9 Å².